The molecule has 2 aromatic rings. The number of nitrogens with zero attached hydrogens (tertiary/aromatic N) is 1. The lowest BCUT2D eigenvalue weighted by atomic mass is 10.2. The van der Waals surface area contributed by atoms with Crippen molar-refractivity contribution >= 4 is 28.3 Å². The quantitative estimate of drug-likeness (QED) is 0.382. The molecule has 2 aromatic carbocycles. The molecule has 0 bridgehead atoms. The highest BCUT2D eigenvalue weighted by molar-refractivity contribution is 7.84. The maximum absolute atomic E-state index is 12.8. The molecule has 0 fully saturated rings. The Bertz CT molecular complexity index is 998. The largest absolute Gasteiger partial charge is 0.493 e. The summed E-state index contributed by atoms with van der Waals surface area (Å²) in [5.41, 5.74) is 0.752. The Balaban J connectivity index is 2.15. The molecule has 2 atom stereocenters. The first-order valence-electron chi connectivity index (χ1n) is 9.58. The van der Waals surface area contributed by atoms with Crippen molar-refractivity contribution < 1.29 is 28.2 Å². The average Bonchev–Trinajstić information content (AvgIpc) is 2.76. The van der Waals surface area contributed by atoms with E-state index in [0.29, 0.717) is 0 Å². The summed E-state index contributed by atoms with van der Waals surface area (Å²) in [4.78, 5) is 35.0. The van der Waals surface area contributed by atoms with E-state index in [4.69, 9.17) is 9.47 Å². The molecule has 2 amide bonds. The van der Waals surface area contributed by atoms with Crippen molar-refractivity contribution in [2.24, 2.45) is 0 Å². The van der Waals surface area contributed by atoms with Crippen molar-refractivity contribution in [2.45, 2.75) is 25.3 Å². The van der Waals surface area contributed by atoms with E-state index < -0.39 is 33.6 Å². The normalized spacial score (nSPS) is 12.3. The van der Waals surface area contributed by atoms with Gasteiger partial charge in [-0.3, -0.25) is 23.9 Å². The van der Waals surface area contributed by atoms with Gasteiger partial charge in [0.05, 0.1) is 36.7 Å². The molecule has 2 rings (SSSR count). The van der Waals surface area contributed by atoms with Crippen molar-refractivity contribution in [3.05, 3.63) is 63.7 Å². The van der Waals surface area contributed by atoms with Crippen LogP contribution in [0.2, 0.25) is 0 Å². The minimum Gasteiger partial charge on any atom is -0.493 e. The van der Waals surface area contributed by atoms with Crippen LogP contribution >= 0.6 is 0 Å². The van der Waals surface area contributed by atoms with E-state index in [0.717, 1.165) is 5.56 Å². The zero-order valence-corrected chi connectivity index (χ0v) is 18.8. The molecule has 0 saturated heterocycles. The molecule has 0 heterocycles. The van der Waals surface area contributed by atoms with Crippen LogP contribution in [0, 0.1) is 10.1 Å². The maximum atomic E-state index is 12.8. The lowest BCUT2D eigenvalue weighted by molar-refractivity contribution is -0.385. The zero-order chi connectivity index (χ0) is 23.7. The molecule has 0 aliphatic heterocycles. The van der Waals surface area contributed by atoms with Crippen LogP contribution in [0.25, 0.3) is 0 Å². The van der Waals surface area contributed by atoms with Gasteiger partial charge in [0.1, 0.15) is 6.04 Å². The van der Waals surface area contributed by atoms with Gasteiger partial charge in [0, 0.05) is 29.8 Å². The van der Waals surface area contributed by atoms with E-state index in [1.54, 1.807) is 0 Å². The summed E-state index contributed by atoms with van der Waals surface area (Å²) in [5.74, 6) is -0.961. The van der Waals surface area contributed by atoms with Gasteiger partial charge in [0.2, 0.25) is 11.8 Å². The number of nitro benzene ring substituents is 1. The number of hydrogen-bond donors (Lipinski definition) is 2. The van der Waals surface area contributed by atoms with Crippen molar-refractivity contribution in [1.29, 1.82) is 0 Å². The summed E-state index contributed by atoms with van der Waals surface area (Å²) >= 11 is 0. The minimum absolute atomic E-state index is 0.164. The van der Waals surface area contributed by atoms with Gasteiger partial charge in [0.25, 0.3) is 5.69 Å². The first-order chi connectivity index (χ1) is 15.2. The molecule has 0 spiro atoms. The fourth-order valence-electron chi connectivity index (χ4n) is 2.95. The van der Waals surface area contributed by atoms with Gasteiger partial charge in [-0.25, -0.2) is 0 Å². The standard InChI is InChI=1S/C21H25N3O7S/c1-14(25)23-17(21(26)22-11-15-7-5-4-6-8-15)13-32(29)12-16-9-19(30-2)20(31-3)10-18(16)24(27)28/h4-10,17H,11-13H2,1-3H3,(H,22,26)(H,23,25)/t17-,32?/m0/s1. The van der Waals surface area contributed by atoms with Crippen LogP contribution in [0.5, 0.6) is 11.5 Å². The third-order valence-corrected chi connectivity index (χ3v) is 5.79. The highest BCUT2D eigenvalue weighted by Crippen LogP contribution is 2.35. The minimum atomic E-state index is -1.71. The van der Waals surface area contributed by atoms with E-state index in [1.807, 2.05) is 30.3 Å². The van der Waals surface area contributed by atoms with Crippen LogP contribution in [-0.2, 0) is 32.7 Å². The molecule has 11 heteroatoms. The van der Waals surface area contributed by atoms with Gasteiger partial charge >= 0.3 is 0 Å². The number of carbonyl (C=O) groups is 2. The summed E-state index contributed by atoms with van der Waals surface area (Å²) in [6.45, 7) is 1.49. The lowest BCUT2D eigenvalue weighted by Gasteiger charge is -2.18. The monoisotopic (exact) mass is 463 g/mol. The first-order valence-corrected chi connectivity index (χ1v) is 11.1. The summed E-state index contributed by atoms with van der Waals surface area (Å²) in [7, 11) is 1.03. The van der Waals surface area contributed by atoms with Crippen LogP contribution in [0.4, 0.5) is 5.69 Å². The SMILES string of the molecule is COc1cc(CS(=O)C[C@H](NC(C)=O)C(=O)NCc2ccccc2)c([N+](=O)[O-])cc1OC. The van der Waals surface area contributed by atoms with Crippen molar-refractivity contribution in [2.75, 3.05) is 20.0 Å². The van der Waals surface area contributed by atoms with Gasteiger partial charge in [-0.1, -0.05) is 30.3 Å². The highest BCUT2D eigenvalue weighted by atomic mass is 32.2. The van der Waals surface area contributed by atoms with E-state index >= 15 is 0 Å². The number of nitrogens with one attached hydrogen (secondary N) is 2. The Morgan fingerprint density at radius 3 is 2.31 bits per heavy atom. The van der Waals surface area contributed by atoms with Crippen LogP contribution < -0.4 is 20.1 Å². The van der Waals surface area contributed by atoms with Crippen LogP contribution in [0.3, 0.4) is 0 Å². The average molecular weight is 464 g/mol. The summed E-state index contributed by atoms with van der Waals surface area (Å²) in [6, 6.07) is 10.7. The van der Waals surface area contributed by atoms with Gasteiger partial charge < -0.3 is 20.1 Å². The molecule has 32 heavy (non-hydrogen) atoms. The van der Waals surface area contributed by atoms with Crippen LogP contribution in [0.15, 0.2) is 42.5 Å². The third kappa shape index (κ3) is 7.05. The molecule has 0 aliphatic rings. The number of ether oxygens (including phenoxy) is 2. The predicted molar refractivity (Wildman–Crippen MR) is 119 cm³/mol. The van der Waals surface area contributed by atoms with Gasteiger partial charge in [-0.2, -0.15) is 0 Å². The van der Waals surface area contributed by atoms with Crippen molar-refractivity contribution in [3.8, 4) is 11.5 Å². The number of hydrogen-bond acceptors (Lipinski definition) is 7. The summed E-state index contributed by atoms with van der Waals surface area (Å²) in [5, 5.41) is 16.6. The third-order valence-electron chi connectivity index (χ3n) is 4.45. The smallest absolute Gasteiger partial charge is 0.277 e. The molecule has 172 valence electrons. The molecule has 1 unspecified atom stereocenters. The van der Waals surface area contributed by atoms with E-state index in [2.05, 4.69) is 10.6 Å². The topological polar surface area (TPSA) is 137 Å². The lowest BCUT2D eigenvalue weighted by Crippen LogP contribution is -2.49. The maximum Gasteiger partial charge on any atom is 0.277 e. The fraction of sp³-hybridized carbons (Fsp3) is 0.333. The summed E-state index contributed by atoms with van der Waals surface area (Å²) in [6.07, 6.45) is 0. The Morgan fingerprint density at radius 1 is 1.12 bits per heavy atom. The van der Waals surface area contributed by atoms with Gasteiger partial charge in [0.15, 0.2) is 11.5 Å². The Kier molecular flexibility index (Phi) is 9.14. The second kappa shape index (κ2) is 11.8. The van der Waals surface area contributed by atoms with E-state index in [1.165, 1.54) is 33.3 Å². The highest BCUT2D eigenvalue weighted by Gasteiger charge is 2.25. The van der Waals surface area contributed by atoms with Crippen molar-refractivity contribution in [3.63, 3.8) is 0 Å². The number of nitro groups is 1. The molecule has 0 aromatic heterocycles. The molecule has 2 N–H and O–H groups in total. The van der Waals surface area contributed by atoms with E-state index in [-0.39, 0.29) is 40.8 Å². The number of methoxy groups -OCH3 is 2. The predicted octanol–water partition coefficient (Wildman–Crippen LogP) is 1.68. The molecular formula is C21H25N3O7S. The zero-order valence-electron chi connectivity index (χ0n) is 18.0. The molecule has 10 nitrogen and oxygen atoms in total. The number of amides is 2. The second-order valence-corrected chi connectivity index (χ2v) is 8.30. The molecule has 0 radical (unpaired) electrons. The number of benzene rings is 2. The Hall–Kier alpha value is -3.47. The van der Waals surface area contributed by atoms with Crippen molar-refractivity contribution in [1.82, 2.24) is 10.6 Å². The molecule has 0 saturated carbocycles. The fourth-order valence-corrected chi connectivity index (χ4v) is 4.25. The Labute approximate surface area is 187 Å². The summed E-state index contributed by atoms with van der Waals surface area (Å²) < 4.78 is 23.1. The van der Waals surface area contributed by atoms with Crippen LogP contribution in [0.1, 0.15) is 18.1 Å². The number of carbonyl (C=O) groups excluding carboxylic acids is 2. The number of rotatable bonds is 11. The Morgan fingerprint density at radius 2 is 1.75 bits per heavy atom. The molecular weight excluding hydrogens is 438 g/mol. The van der Waals surface area contributed by atoms with E-state index in [9.17, 15) is 23.9 Å². The van der Waals surface area contributed by atoms with Gasteiger partial charge in [-0.15, -0.1) is 0 Å². The molecule has 0 aliphatic carbocycles. The van der Waals surface area contributed by atoms with Gasteiger partial charge in [-0.05, 0) is 11.6 Å². The first kappa shape index (κ1) is 24.8. The van der Waals surface area contributed by atoms with Crippen LogP contribution in [-0.4, -0.2) is 47.0 Å². The second-order valence-electron chi connectivity index (χ2n) is 6.80.